The van der Waals surface area contributed by atoms with Crippen LogP contribution in [0, 0.1) is 13.8 Å². The number of ether oxygens (including phenoxy) is 1. The minimum absolute atomic E-state index is 0.0251. The van der Waals surface area contributed by atoms with E-state index in [1.165, 1.54) is 0 Å². The van der Waals surface area contributed by atoms with E-state index < -0.39 is 0 Å². The van der Waals surface area contributed by atoms with Crippen LogP contribution in [0.15, 0.2) is 24.3 Å². The van der Waals surface area contributed by atoms with Crippen LogP contribution in [0.5, 0.6) is 5.75 Å². The maximum absolute atomic E-state index is 12.2. The van der Waals surface area contributed by atoms with E-state index in [9.17, 15) is 4.79 Å². The highest BCUT2D eigenvalue weighted by Crippen LogP contribution is 2.21. The number of amides is 1. The fourth-order valence-electron chi connectivity index (χ4n) is 2.86. The summed E-state index contributed by atoms with van der Waals surface area (Å²) in [5.74, 6) is 1.87. The van der Waals surface area contributed by atoms with Crippen molar-refractivity contribution in [2.75, 3.05) is 7.11 Å². The van der Waals surface area contributed by atoms with Gasteiger partial charge in [0.25, 0.3) is 5.78 Å². The van der Waals surface area contributed by atoms with Gasteiger partial charge in [0.05, 0.1) is 13.5 Å². The van der Waals surface area contributed by atoms with Gasteiger partial charge in [-0.1, -0.05) is 0 Å². The number of fused-ring (bicyclic) bond motifs is 1. The van der Waals surface area contributed by atoms with Crippen molar-refractivity contribution in [3.8, 4) is 17.1 Å². The predicted octanol–water partition coefficient (Wildman–Crippen LogP) is 2.48. The van der Waals surface area contributed by atoms with Crippen molar-refractivity contribution in [2.24, 2.45) is 0 Å². The Bertz CT molecular complexity index is 945. The van der Waals surface area contributed by atoms with E-state index in [4.69, 9.17) is 4.74 Å². The minimum Gasteiger partial charge on any atom is -0.497 e. The zero-order valence-corrected chi connectivity index (χ0v) is 15.7. The molecule has 7 heteroatoms. The Morgan fingerprint density at radius 3 is 2.50 bits per heavy atom. The van der Waals surface area contributed by atoms with Crippen LogP contribution < -0.4 is 10.1 Å². The summed E-state index contributed by atoms with van der Waals surface area (Å²) in [6.07, 6.45) is 0.274. The topological polar surface area (TPSA) is 81.4 Å². The molecule has 1 amide bonds. The highest BCUT2D eigenvalue weighted by atomic mass is 16.5. The second-order valence-electron chi connectivity index (χ2n) is 6.54. The van der Waals surface area contributed by atoms with Crippen molar-refractivity contribution in [3.05, 3.63) is 41.2 Å². The molecule has 2 heterocycles. The van der Waals surface area contributed by atoms with E-state index in [1.54, 1.807) is 11.6 Å². The van der Waals surface area contributed by atoms with Crippen LogP contribution in [0.3, 0.4) is 0 Å². The molecule has 0 atom stereocenters. The zero-order valence-electron chi connectivity index (χ0n) is 15.7. The summed E-state index contributed by atoms with van der Waals surface area (Å²) < 4.78 is 6.88. The van der Waals surface area contributed by atoms with Gasteiger partial charge in [0.15, 0.2) is 5.82 Å². The van der Waals surface area contributed by atoms with Crippen LogP contribution in [0.1, 0.15) is 30.8 Å². The fourth-order valence-corrected chi connectivity index (χ4v) is 2.86. The van der Waals surface area contributed by atoms with Crippen LogP contribution in [-0.4, -0.2) is 38.6 Å². The summed E-state index contributed by atoms with van der Waals surface area (Å²) in [5.41, 5.74) is 3.43. The van der Waals surface area contributed by atoms with E-state index in [0.717, 1.165) is 28.3 Å². The molecule has 0 aliphatic rings. The molecule has 26 heavy (non-hydrogen) atoms. The van der Waals surface area contributed by atoms with E-state index in [-0.39, 0.29) is 18.4 Å². The maximum atomic E-state index is 12.2. The first kappa shape index (κ1) is 17.8. The summed E-state index contributed by atoms with van der Waals surface area (Å²) in [5, 5.41) is 7.49. The summed E-state index contributed by atoms with van der Waals surface area (Å²) >= 11 is 0. The van der Waals surface area contributed by atoms with Gasteiger partial charge in [0.1, 0.15) is 5.75 Å². The van der Waals surface area contributed by atoms with Crippen molar-refractivity contribution in [2.45, 2.75) is 40.2 Å². The highest BCUT2D eigenvalue weighted by molar-refractivity contribution is 5.79. The first-order chi connectivity index (χ1) is 12.4. The molecule has 1 aromatic carbocycles. The van der Waals surface area contributed by atoms with Gasteiger partial charge in [-0.05, 0) is 52.0 Å². The molecule has 0 aliphatic heterocycles. The zero-order chi connectivity index (χ0) is 18.8. The molecular formula is C19H23N5O2. The molecule has 0 fully saturated rings. The minimum atomic E-state index is -0.0251. The highest BCUT2D eigenvalue weighted by Gasteiger charge is 2.17. The monoisotopic (exact) mass is 353 g/mol. The summed E-state index contributed by atoms with van der Waals surface area (Å²) in [6.45, 7) is 7.72. The number of aromatic nitrogens is 4. The number of carbonyl (C=O) groups is 1. The Labute approximate surface area is 152 Å². The molecule has 0 bridgehead atoms. The third-order valence-corrected chi connectivity index (χ3v) is 4.18. The van der Waals surface area contributed by atoms with Crippen molar-refractivity contribution < 1.29 is 9.53 Å². The smallest absolute Gasteiger partial charge is 0.253 e. The van der Waals surface area contributed by atoms with E-state index in [1.807, 2.05) is 52.0 Å². The second kappa shape index (κ2) is 7.11. The first-order valence-corrected chi connectivity index (χ1v) is 8.55. The molecule has 0 saturated carbocycles. The number of hydrogen-bond acceptors (Lipinski definition) is 5. The summed E-state index contributed by atoms with van der Waals surface area (Å²) in [6, 6.07) is 7.66. The van der Waals surface area contributed by atoms with Gasteiger partial charge < -0.3 is 10.1 Å². The molecule has 0 unspecified atom stereocenters. The Morgan fingerprint density at radius 2 is 1.88 bits per heavy atom. The molecule has 136 valence electrons. The van der Waals surface area contributed by atoms with Crippen LogP contribution in [0.4, 0.5) is 0 Å². The van der Waals surface area contributed by atoms with Crippen molar-refractivity contribution >= 4 is 11.7 Å². The van der Waals surface area contributed by atoms with Crippen molar-refractivity contribution in [1.29, 1.82) is 0 Å². The van der Waals surface area contributed by atoms with Gasteiger partial charge in [-0.2, -0.15) is 4.98 Å². The average molecular weight is 353 g/mol. The molecular weight excluding hydrogens is 330 g/mol. The molecule has 0 radical (unpaired) electrons. The Morgan fingerprint density at radius 1 is 1.19 bits per heavy atom. The molecule has 7 nitrogen and oxygen atoms in total. The average Bonchev–Trinajstić information content (AvgIpc) is 3.02. The lowest BCUT2D eigenvalue weighted by Gasteiger charge is -2.12. The van der Waals surface area contributed by atoms with Crippen LogP contribution in [0.2, 0.25) is 0 Å². The number of hydrogen-bond donors (Lipinski definition) is 1. The number of aryl methyl sites for hydroxylation is 2. The quantitative estimate of drug-likeness (QED) is 0.762. The van der Waals surface area contributed by atoms with E-state index >= 15 is 0 Å². The van der Waals surface area contributed by atoms with Gasteiger partial charge in [-0.25, -0.2) is 9.50 Å². The molecule has 3 rings (SSSR count). The second-order valence-corrected chi connectivity index (χ2v) is 6.54. The molecule has 3 aromatic rings. The largest absolute Gasteiger partial charge is 0.497 e. The Hall–Kier alpha value is -2.96. The number of rotatable bonds is 5. The summed E-state index contributed by atoms with van der Waals surface area (Å²) in [7, 11) is 1.63. The SMILES string of the molecule is COc1ccc(-c2nc3nc(C)c(CC(=O)NC(C)C)c(C)n3n2)cc1. The summed E-state index contributed by atoms with van der Waals surface area (Å²) in [4.78, 5) is 21.2. The van der Waals surface area contributed by atoms with Gasteiger partial charge in [0, 0.05) is 28.6 Å². The van der Waals surface area contributed by atoms with Gasteiger partial charge in [-0.3, -0.25) is 4.79 Å². The lowest BCUT2D eigenvalue weighted by Crippen LogP contribution is -2.32. The van der Waals surface area contributed by atoms with Gasteiger partial charge in [0.2, 0.25) is 5.91 Å². The third-order valence-electron chi connectivity index (χ3n) is 4.18. The van der Waals surface area contributed by atoms with E-state index in [2.05, 4.69) is 20.4 Å². The number of methoxy groups -OCH3 is 1. The number of nitrogens with zero attached hydrogens (tertiary/aromatic N) is 4. The van der Waals surface area contributed by atoms with Crippen LogP contribution in [-0.2, 0) is 11.2 Å². The Kier molecular flexibility index (Phi) is 4.88. The fraction of sp³-hybridized carbons (Fsp3) is 0.368. The normalized spacial score (nSPS) is 11.2. The van der Waals surface area contributed by atoms with E-state index in [0.29, 0.717) is 11.6 Å². The van der Waals surface area contributed by atoms with Crippen LogP contribution >= 0.6 is 0 Å². The molecule has 1 N–H and O–H groups in total. The standard InChI is InChI=1S/C19H23N5O2/c1-11(2)20-17(25)10-16-12(3)21-19-22-18(23-24(19)13(16)4)14-6-8-15(26-5)9-7-14/h6-9,11H,10H2,1-5H3,(H,20,25). The van der Waals surface area contributed by atoms with Gasteiger partial charge in [-0.15, -0.1) is 5.10 Å². The number of nitrogens with one attached hydrogen (secondary N) is 1. The predicted molar refractivity (Wildman–Crippen MR) is 99.2 cm³/mol. The maximum Gasteiger partial charge on any atom is 0.253 e. The van der Waals surface area contributed by atoms with Crippen molar-refractivity contribution in [3.63, 3.8) is 0 Å². The number of benzene rings is 1. The molecule has 0 aliphatic carbocycles. The molecule has 0 spiro atoms. The number of carbonyl (C=O) groups excluding carboxylic acids is 1. The molecule has 0 saturated heterocycles. The van der Waals surface area contributed by atoms with Gasteiger partial charge >= 0.3 is 0 Å². The molecule has 2 aromatic heterocycles. The lowest BCUT2D eigenvalue weighted by molar-refractivity contribution is -0.120. The lowest BCUT2D eigenvalue weighted by atomic mass is 10.1. The van der Waals surface area contributed by atoms with Crippen molar-refractivity contribution in [1.82, 2.24) is 24.9 Å². The van der Waals surface area contributed by atoms with Crippen LogP contribution in [0.25, 0.3) is 17.2 Å². The Balaban J connectivity index is 1.99. The first-order valence-electron chi connectivity index (χ1n) is 8.55. The third kappa shape index (κ3) is 3.51.